The lowest BCUT2D eigenvalue weighted by atomic mass is 10.1. The van der Waals surface area contributed by atoms with Crippen LogP contribution in [-0.4, -0.2) is 37.2 Å². The van der Waals surface area contributed by atoms with Gasteiger partial charge in [-0.3, -0.25) is 9.36 Å². The number of anilines is 1. The molecular weight excluding hydrogens is 378 g/mol. The van der Waals surface area contributed by atoms with Crippen LogP contribution >= 0.6 is 23.5 Å². The fourth-order valence-corrected chi connectivity index (χ4v) is 3.86. The van der Waals surface area contributed by atoms with E-state index in [2.05, 4.69) is 40.4 Å². The maximum Gasteiger partial charge on any atom is 0.234 e. The number of benzene rings is 1. The van der Waals surface area contributed by atoms with Crippen LogP contribution in [0.15, 0.2) is 59.1 Å². The van der Waals surface area contributed by atoms with Crippen LogP contribution in [-0.2, 0) is 11.2 Å². The van der Waals surface area contributed by atoms with E-state index in [9.17, 15) is 4.79 Å². The Morgan fingerprint density at radius 1 is 1.15 bits per heavy atom. The lowest BCUT2D eigenvalue weighted by molar-refractivity contribution is -0.113. The molecule has 0 saturated heterocycles. The fourth-order valence-electron chi connectivity index (χ4n) is 2.55. The van der Waals surface area contributed by atoms with Crippen LogP contribution in [0.25, 0.3) is 5.69 Å². The van der Waals surface area contributed by atoms with E-state index in [1.54, 1.807) is 24.3 Å². The number of nitrogens with one attached hydrogen (secondary N) is 1. The maximum absolute atomic E-state index is 12.3. The van der Waals surface area contributed by atoms with Crippen LogP contribution in [0.3, 0.4) is 0 Å². The summed E-state index contributed by atoms with van der Waals surface area (Å²) in [4.78, 5) is 16.6. The summed E-state index contributed by atoms with van der Waals surface area (Å²) in [6, 6.07) is 11.9. The van der Waals surface area contributed by atoms with E-state index in [1.165, 1.54) is 17.3 Å². The Bertz CT molecular complexity index is 895. The van der Waals surface area contributed by atoms with E-state index in [0.717, 1.165) is 22.9 Å². The zero-order valence-electron chi connectivity index (χ0n) is 15.3. The van der Waals surface area contributed by atoms with Gasteiger partial charge in [0.2, 0.25) is 5.91 Å². The zero-order valence-corrected chi connectivity index (χ0v) is 16.9. The van der Waals surface area contributed by atoms with Crippen molar-refractivity contribution in [2.75, 3.05) is 16.8 Å². The predicted molar refractivity (Wildman–Crippen MR) is 111 cm³/mol. The summed E-state index contributed by atoms with van der Waals surface area (Å²) in [5.41, 5.74) is 2.94. The summed E-state index contributed by atoms with van der Waals surface area (Å²) in [5, 5.41) is 12.7. The first-order valence-electron chi connectivity index (χ1n) is 8.71. The van der Waals surface area contributed by atoms with Gasteiger partial charge in [-0.05, 0) is 35.9 Å². The molecule has 0 aliphatic carbocycles. The van der Waals surface area contributed by atoms with Crippen LogP contribution in [0.2, 0.25) is 0 Å². The number of carbonyl (C=O) groups excluding carboxylic acids is 1. The van der Waals surface area contributed by atoms with E-state index in [1.807, 2.05) is 34.9 Å². The minimum absolute atomic E-state index is 0.101. The lowest BCUT2D eigenvalue weighted by Gasteiger charge is -2.10. The average Bonchev–Trinajstić information content (AvgIpc) is 3.16. The van der Waals surface area contributed by atoms with Crippen molar-refractivity contribution in [3.05, 3.63) is 54.5 Å². The second-order valence-corrected chi connectivity index (χ2v) is 7.85. The number of carbonyl (C=O) groups is 1. The number of hydrogen-bond acceptors (Lipinski definition) is 6. The number of thioether (sulfide) groups is 2. The number of pyridine rings is 1. The molecule has 0 radical (unpaired) electrons. The van der Waals surface area contributed by atoms with E-state index < -0.39 is 0 Å². The molecule has 1 aromatic carbocycles. The number of nitrogens with zero attached hydrogens (tertiary/aromatic N) is 4. The van der Waals surface area contributed by atoms with Crippen LogP contribution in [0.1, 0.15) is 19.4 Å². The highest BCUT2D eigenvalue weighted by Gasteiger charge is 2.12. The largest absolute Gasteiger partial charge is 0.324 e. The van der Waals surface area contributed by atoms with Gasteiger partial charge in [-0.1, -0.05) is 43.8 Å². The molecule has 1 N–H and O–H groups in total. The number of aromatic nitrogens is 4. The van der Waals surface area contributed by atoms with Crippen molar-refractivity contribution in [1.82, 2.24) is 19.7 Å². The fraction of sp³-hybridized carbons (Fsp3) is 0.263. The van der Waals surface area contributed by atoms with Gasteiger partial charge in [0.25, 0.3) is 0 Å². The molecule has 0 spiro atoms. The summed E-state index contributed by atoms with van der Waals surface area (Å²) in [7, 11) is 0. The Kier molecular flexibility index (Phi) is 6.89. The second-order valence-electron chi connectivity index (χ2n) is 5.62. The normalized spacial score (nSPS) is 10.7. The lowest BCUT2D eigenvalue weighted by Crippen LogP contribution is -2.14. The number of para-hydroxylation sites is 1. The Hall–Kier alpha value is -2.32. The summed E-state index contributed by atoms with van der Waals surface area (Å²) >= 11 is 3.03. The van der Waals surface area contributed by atoms with E-state index in [4.69, 9.17) is 0 Å². The van der Waals surface area contributed by atoms with Crippen molar-refractivity contribution in [2.45, 2.75) is 30.5 Å². The maximum atomic E-state index is 12.3. The van der Waals surface area contributed by atoms with Crippen LogP contribution in [0.5, 0.6) is 0 Å². The summed E-state index contributed by atoms with van der Waals surface area (Å²) < 4.78 is 1.93. The summed E-state index contributed by atoms with van der Waals surface area (Å²) in [6.45, 7) is 4.19. The Labute approximate surface area is 167 Å². The molecule has 0 bridgehead atoms. The molecule has 3 rings (SSSR count). The van der Waals surface area contributed by atoms with Gasteiger partial charge >= 0.3 is 0 Å². The number of hydrogen-bond donors (Lipinski definition) is 1. The van der Waals surface area contributed by atoms with Gasteiger partial charge in [-0.2, -0.15) is 0 Å². The zero-order chi connectivity index (χ0) is 19.1. The van der Waals surface area contributed by atoms with E-state index >= 15 is 0 Å². The van der Waals surface area contributed by atoms with Crippen molar-refractivity contribution in [3.8, 4) is 5.69 Å². The molecule has 0 unspecified atom stereocenters. The number of amides is 1. The molecule has 0 saturated carbocycles. The standard InChI is InChI=1S/C19H21N5OS2/c1-3-14-7-5-6-8-16(14)24-13-21-23-19(24)27-12-17(25)22-15-9-10-18(20-11-15)26-4-2/h5-11,13H,3-4,12H2,1-2H3,(H,22,25). The third-order valence-electron chi connectivity index (χ3n) is 3.79. The Balaban J connectivity index is 1.62. The third-order valence-corrected chi connectivity index (χ3v) is 5.56. The van der Waals surface area contributed by atoms with Gasteiger partial charge in [0.1, 0.15) is 6.33 Å². The average molecular weight is 400 g/mol. The van der Waals surface area contributed by atoms with Crippen molar-refractivity contribution >= 4 is 35.1 Å². The van der Waals surface area contributed by atoms with Crippen molar-refractivity contribution in [2.24, 2.45) is 0 Å². The van der Waals surface area contributed by atoms with Gasteiger partial charge in [0.05, 0.1) is 28.4 Å². The minimum Gasteiger partial charge on any atom is -0.324 e. The molecule has 0 atom stereocenters. The molecule has 3 aromatic rings. The number of rotatable bonds is 8. The highest BCUT2D eigenvalue weighted by molar-refractivity contribution is 7.99. The second kappa shape index (κ2) is 9.57. The van der Waals surface area contributed by atoms with Gasteiger partial charge in [-0.15, -0.1) is 22.0 Å². The smallest absolute Gasteiger partial charge is 0.234 e. The van der Waals surface area contributed by atoms with Gasteiger partial charge < -0.3 is 5.32 Å². The topological polar surface area (TPSA) is 72.7 Å². The van der Waals surface area contributed by atoms with E-state index in [-0.39, 0.29) is 11.7 Å². The monoisotopic (exact) mass is 399 g/mol. The summed E-state index contributed by atoms with van der Waals surface area (Å²) in [6.07, 6.45) is 4.28. The molecule has 1 amide bonds. The van der Waals surface area contributed by atoms with Gasteiger partial charge in [0, 0.05) is 0 Å². The highest BCUT2D eigenvalue weighted by atomic mass is 32.2. The first kappa shape index (κ1) is 19.4. The minimum atomic E-state index is -0.101. The van der Waals surface area contributed by atoms with E-state index in [0.29, 0.717) is 10.8 Å². The molecule has 2 aromatic heterocycles. The highest BCUT2D eigenvalue weighted by Crippen LogP contribution is 2.23. The molecule has 2 heterocycles. The third kappa shape index (κ3) is 5.11. The SMILES string of the molecule is CCSc1ccc(NC(=O)CSc2nncn2-c2ccccc2CC)cn1. The molecule has 0 fully saturated rings. The predicted octanol–water partition coefficient (Wildman–Crippen LogP) is 4.07. The molecule has 0 aliphatic rings. The molecule has 0 aliphatic heterocycles. The Morgan fingerprint density at radius 3 is 2.74 bits per heavy atom. The van der Waals surface area contributed by atoms with Crippen molar-refractivity contribution < 1.29 is 4.79 Å². The van der Waals surface area contributed by atoms with Crippen LogP contribution in [0, 0.1) is 0 Å². The van der Waals surface area contributed by atoms with Crippen molar-refractivity contribution in [1.29, 1.82) is 0 Å². The molecule has 27 heavy (non-hydrogen) atoms. The quantitative estimate of drug-likeness (QED) is 0.576. The number of aryl methyl sites for hydroxylation is 1. The molecule has 140 valence electrons. The van der Waals surface area contributed by atoms with Gasteiger partial charge in [-0.25, -0.2) is 4.98 Å². The molecule has 8 heteroatoms. The van der Waals surface area contributed by atoms with Crippen LogP contribution < -0.4 is 5.32 Å². The van der Waals surface area contributed by atoms with Crippen molar-refractivity contribution in [3.63, 3.8) is 0 Å². The van der Waals surface area contributed by atoms with Gasteiger partial charge in [0.15, 0.2) is 5.16 Å². The molecular formula is C19H21N5OS2. The molecule has 6 nitrogen and oxygen atoms in total. The first-order chi connectivity index (χ1) is 13.2. The summed E-state index contributed by atoms with van der Waals surface area (Å²) in [5.74, 6) is 1.12. The Morgan fingerprint density at radius 2 is 2.00 bits per heavy atom. The first-order valence-corrected chi connectivity index (χ1v) is 10.7. The van der Waals surface area contributed by atoms with Crippen LogP contribution in [0.4, 0.5) is 5.69 Å².